The van der Waals surface area contributed by atoms with Crippen LogP contribution in [0.1, 0.15) is 17.3 Å². The van der Waals surface area contributed by atoms with Gasteiger partial charge in [-0.05, 0) is 25.1 Å². The van der Waals surface area contributed by atoms with Crippen LogP contribution in [0.25, 0.3) is 0 Å². The summed E-state index contributed by atoms with van der Waals surface area (Å²) in [6.45, 7) is 1.30. The molecule has 0 saturated carbocycles. The maximum atomic E-state index is 13.6. The monoisotopic (exact) mass is 318 g/mol. The van der Waals surface area contributed by atoms with Gasteiger partial charge in [0.25, 0.3) is 0 Å². The molecule has 0 heterocycles. The minimum atomic E-state index is -4.36. The second kappa shape index (κ2) is 6.19. The lowest BCUT2D eigenvalue weighted by Crippen LogP contribution is -2.44. The van der Waals surface area contributed by atoms with Crippen molar-refractivity contribution >= 4 is 21.9 Å². The highest BCUT2D eigenvalue weighted by atomic mass is 32.2. The van der Waals surface area contributed by atoms with Gasteiger partial charge in [0.1, 0.15) is 10.7 Å². The minimum absolute atomic E-state index is 0.372. The number of hydrogen-bond acceptors (Lipinski definition) is 4. The number of aromatic carboxylic acids is 1. The molecule has 9 heteroatoms. The largest absolute Gasteiger partial charge is 0.478 e. The summed E-state index contributed by atoms with van der Waals surface area (Å²) in [4.78, 5) is 22.8. The van der Waals surface area contributed by atoms with Gasteiger partial charge in [0.05, 0.1) is 11.6 Å². The summed E-state index contributed by atoms with van der Waals surface area (Å²) in [5, 5.41) is 8.81. The fourth-order valence-electron chi connectivity index (χ4n) is 1.58. The van der Waals surface area contributed by atoms with Gasteiger partial charge < -0.3 is 10.0 Å². The molecular weight excluding hydrogens is 303 g/mol. The van der Waals surface area contributed by atoms with Crippen LogP contribution < -0.4 is 4.72 Å². The molecule has 2 N–H and O–H groups in total. The van der Waals surface area contributed by atoms with Crippen LogP contribution in [0.3, 0.4) is 0 Å². The van der Waals surface area contributed by atoms with Crippen molar-refractivity contribution in [3.05, 3.63) is 29.6 Å². The molecule has 0 spiro atoms. The van der Waals surface area contributed by atoms with Crippen LogP contribution in [0, 0.1) is 5.82 Å². The zero-order chi connectivity index (χ0) is 16.4. The van der Waals surface area contributed by atoms with Crippen LogP contribution in [0.15, 0.2) is 23.1 Å². The Labute approximate surface area is 121 Å². The van der Waals surface area contributed by atoms with E-state index in [4.69, 9.17) is 5.11 Å². The fourth-order valence-corrected chi connectivity index (χ4v) is 2.88. The molecule has 0 aliphatic heterocycles. The van der Waals surface area contributed by atoms with Gasteiger partial charge in [-0.15, -0.1) is 0 Å². The lowest BCUT2D eigenvalue weighted by molar-refractivity contribution is -0.130. The van der Waals surface area contributed by atoms with Crippen LogP contribution in [-0.4, -0.2) is 50.4 Å². The van der Waals surface area contributed by atoms with Crippen molar-refractivity contribution in [3.8, 4) is 0 Å². The van der Waals surface area contributed by atoms with Gasteiger partial charge in [0.15, 0.2) is 0 Å². The van der Waals surface area contributed by atoms with Gasteiger partial charge in [0.2, 0.25) is 15.9 Å². The molecule has 0 aliphatic rings. The highest BCUT2D eigenvalue weighted by Crippen LogP contribution is 2.17. The topological polar surface area (TPSA) is 104 Å². The second-order valence-corrected chi connectivity index (χ2v) is 6.21. The molecule has 1 aromatic rings. The first kappa shape index (κ1) is 17.1. The molecule has 0 fully saturated rings. The number of nitrogens with zero attached hydrogens (tertiary/aromatic N) is 1. The fraction of sp³-hybridized carbons (Fsp3) is 0.333. The molecule has 0 bridgehead atoms. The maximum absolute atomic E-state index is 13.6. The predicted molar refractivity (Wildman–Crippen MR) is 71.8 cm³/mol. The van der Waals surface area contributed by atoms with E-state index in [1.54, 1.807) is 0 Å². The predicted octanol–water partition coefficient (Wildman–Crippen LogP) is 0.279. The van der Waals surface area contributed by atoms with Crippen LogP contribution in [0.5, 0.6) is 0 Å². The van der Waals surface area contributed by atoms with E-state index in [0.717, 1.165) is 12.1 Å². The normalized spacial score (nSPS) is 12.8. The van der Waals surface area contributed by atoms with Crippen molar-refractivity contribution in [2.45, 2.75) is 17.9 Å². The third-order valence-electron chi connectivity index (χ3n) is 2.61. The van der Waals surface area contributed by atoms with Crippen molar-refractivity contribution in [1.29, 1.82) is 0 Å². The van der Waals surface area contributed by atoms with Crippen molar-refractivity contribution in [1.82, 2.24) is 9.62 Å². The highest BCUT2D eigenvalue weighted by molar-refractivity contribution is 7.89. The van der Waals surface area contributed by atoms with Gasteiger partial charge >= 0.3 is 5.97 Å². The molecule has 1 amide bonds. The van der Waals surface area contributed by atoms with E-state index >= 15 is 0 Å². The summed E-state index contributed by atoms with van der Waals surface area (Å²) in [5.41, 5.74) is -0.372. The molecule has 1 unspecified atom stereocenters. The SMILES string of the molecule is CC(NS(=O)(=O)c1cc(C(=O)O)ccc1F)C(=O)N(C)C. The van der Waals surface area contributed by atoms with Crippen molar-refractivity contribution in [3.63, 3.8) is 0 Å². The summed E-state index contributed by atoms with van der Waals surface area (Å²) >= 11 is 0. The first-order valence-corrected chi connectivity index (χ1v) is 7.31. The Bertz CT molecular complexity index is 672. The number of nitrogens with one attached hydrogen (secondary N) is 1. The van der Waals surface area contributed by atoms with Gasteiger partial charge in [0, 0.05) is 14.1 Å². The molecule has 7 nitrogen and oxygen atoms in total. The van der Waals surface area contributed by atoms with Crippen LogP contribution in [0.4, 0.5) is 4.39 Å². The zero-order valence-corrected chi connectivity index (χ0v) is 12.4. The summed E-state index contributed by atoms with van der Waals surface area (Å²) < 4.78 is 39.7. The number of carbonyl (C=O) groups excluding carboxylic acids is 1. The second-order valence-electron chi connectivity index (χ2n) is 4.53. The van der Waals surface area contributed by atoms with Gasteiger partial charge in [-0.3, -0.25) is 4.79 Å². The van der Waals surface area contributed by atoms with Gasteiger partial charge in [-0.25, -0.2) is 17.6 Å². The molecule has 0 saturated heterocycles. The Kier molecular flexibility index (Phi) is 5.02. The van der Waals surface area contributed by atoms with Crippen molar-refractivity contribution in [2.75, 3.05) is 14.1 Å². The van der Waals surface area contributed by atoms with Gasteiger partial charge in [-0.2, -0.15) is 4.72 Å². The third kappa shape index (κ3) is 3.99. The number of carbonyl (C=O) groups is 2. The number of carboxylic acid groups (broad SMARTS) is 1. The van der Waals surface area contributed by atoms with Gasteiger partial charge in [-0.1, -0.05) is 0 Å². The summed E-state index contributed by atoms with van der Waals surface area (Å²) in [7, 11) is -1.47. The number of rotatable bonds is 5. The van der Waals surface area contributed by atoms with Crippen LogP contribution >= 0.6 is 0 Å². The maximum Gasteiger partial charge on any atom is 0.335 e. The van der Waals surface area contributed by atoms with E-state index in [1.807, 2.05) is 4.72 Å². The van der Waals surface area contributed by atoms with E-state index in [-0.39, 0.29) is 5.56 Å². The summed E-state index contributed by atoms with van der Waals surface area (Å²) in [6, 6.07) is 1.28. The number of carboxylic acids is 1. The number of sulfonamides is 1. The Hall–Kier alpha value is -2.00. The number of halogens is 1. The molecule has 1 rings (SSSR count). The summed E-state index contributed by atoms with van der Waals surface area (Å²) in [5.74, 6) is -3.01. The average molecular weight is 318 g/mol. The molecule has 0 aliphatic carbocycles. The average Bonchev–Trinajstić information content (AvgIpc) is 2.36. The smallest absolute Gasteiger partial charge is 0.335 e. The van der Waals surface area contributed by atoms with E-state index in [0.29, 0.717) is 6.07 Å². The van der Waals surface area contributed by atoms with E-state index < -0.39 is 38.7 Å². The van der Waals surface area contributed by atoms with Crippen molar-refractivity contribution < 1.29 is 27.5 Å². The molecule has 0 radical (unpaired) electrons. The Morgan fingerprint density at radius 2 is 1.90 bits per heavy atom. The Morgan fingerprint density at radius 3 is 2.38 bits per heavy atom. The molecule has 0 aromatic heterocycles. The third-order valence-corrected chi connectivity index (χ3v) is 4.17. The number of hydrogen-bond donors (Lipinski definition) is 2. The van der Waals surface area contributed by atoms with E-state index in [9.17, 15) is 22.4 Å². The minimum Gasteiger partial charge on any atom is -0.478 e. The molecule has 1 aromatic carbocycles. The molecule has 1 atom stereocenters. The molecule has 21 heavy (non-hydrogen) atoms. The van der Waals surface area contributed by atoms with Crippen LogP contribution in [0.2, 0.25) is 0 Å². The first-order chi connectivity index (χ1) is 9.56. The standard InChI is InChI=1S/C12H15FN2O5S/c1-7(11(16)15(2)3)14-21(19,20)10-6-8(12(17)18)4-5-9(10)13/h4-7,14H,1-3H3,(H,17,18). The number of amides is 1. The lowest BCUT2D eigenvalue weighted by Gasteiger charge is -2.18. The first-order valence-electron chi connectivity index (χ1n) is 5.82. The quantitative estimate of drug-likeness (QED) is 0.811. The van der Waals surface area contributed by atoms with E-state index in [1.165, 1.54) is 25.9 Å². The van der Waals surface area contributed by atoms with Crippen LogP contribution in [-0.2, 0) is 14.8 Å². The Balaban J connectivity index is 3.17. The Morgan fingerprint density at radius 1 is 1.33 bits per heavy atom. The van der Waals surface area contributed by atoms with Crippen molar-refractivity contribution in [2.24, 2.45) is 0 Å². The lowest BCUT2D eigenvalue weighted by atomic mass is 10.2. The zero-order valence-electron chi connectivity index (χ0n) is 11.6. The number of benzene rings is 1. The van der Waals surface area contributed by atoms with E-state index in [2.05, 4.69) is 0 Å². The number of likely N-dealkylation sites (N-methyl/N-ethyl adjacent to an activating group) is 1. The molecule has 116 valence electrons. The highest BCUT2D eigenvalue weighted by Gasteiger charge is 2.26. The summed E-state index contributed by atoms with van der Waals surface area (Å²) in [6.07, 6.45) is 0. The molecular formula is C12H15FN2O5S.